The van der Waals surface area contributed by atoms with Gasteiger partial charge in [0.2, 0.25) is 0 Å². The van der Waals surface area contributed by atoms with Gasteiger partial charge < -0.3 is 37.3 Å². The van der Waals surface area contributed by atoms with Crippen molar-refractivity contribution in [2.24, 2.45) is 0 Å². The minimum absolute atomic E-state index is 0.300. The zero-order valence-corrected chi connectivity index (χ0v) is 18.7. The number of para-hydroxylation sites is 1. The molecule has 4 aromatic rings. The van der Waals surface area contributed by atoms with Crippen molar-refractivity contribution in [3.05, 3.63) is 46.8 Å². The molecule has 0 amide bonds. The summed E-state index contributed by atoms with van der Waals surface area (Å²) in [4.78, 5) is 12.8. The summed E-state index contributed by atoms with van der Waals surface area (Å²) in [7, 11) is 0. The highest BCUT2D eigenvalue weighted by Crippen LogP contribution is 2.38. The molecule has 5 rings (SSSR count). The number of hydrogen-bond donors (Lipinski definition) is 0. The predicted molar refractivity (Wildman–Crippen MR) is 124 cm³/mol. The quantitative estimate of drug-likeness (QED) is 0.357. The maximum absolute atomic E-state index is 12.8. The van der Waals surface area contributed by atoms with Crippen molar-refractivity contribution < 1.29 is 37.3 Å². The van der Waals surface area contributed by atoms with Crippen LogP contribution < -0.4 is 15.1 Å². The van der Waals surface area contributed by atoms with Crippen LogP contribution in [0.25, 0.3) is 32.9 Å². The summed E-state index contributed by atoms with van der Waals surface area (Å²) in [6.07, 6.45) is 0. The second-order valence-electron chi connectivity index (χ2n) is 7.63. The largest absolute Gasteiger partial charge is 0.487 e. The molecule has 34 heavy (non-hydrogen) atoms. The molecule has 3 heterocycles. The van der Waals surface area contributed by atoms with Crippen molar-refractivity contribution in [1.29, 1.82) is 0 Å². The fourth-order valence-corrected chi connectivity index (χ4v) is 3.80. The minimum atomic E-state index is -0.465. The van der Waals surface area contributed by atoms with Crippen LogP contribution in [0.5, 0.6) is 11.5 Å². The zero-order chi connectivity index (χ0) is 23.2. The van der Waals surface area contributed by atoms with Gasteiger partial charge in [0.25, 0.3) is 0 Å². The molecule has 2 aromatic heterocycles. The molecule has 0 N–H and O–H groups in total. The van der Waals surface area contributed by atoms with Crippen molar-refractivity contribution in [3.63, 3.8) is 0 Å². The Kier molecular flexibility index (Phi) is 7.25. The third kappa shape index (κ3) is 5.02. The topological polar surface area (TPSA) is 98.7 Å². The van der Waals surface area contributed by atoms with Crippen LogP contribution in [0.2, 0.25) is 0 Å². The van der Waals surface area contributed by atoms with Gasteiger partial charge in [-0.3, -0.25) is 0 Å². The molecule has 9 heteroatoms. The molecule has 0 fully saturated rings. The van der Waals surface area contributed by atoms with E-state index in [-0.39, 0.29) is 0 Å². The maximum Gasteiger partial charge on any atom is 0.348 e. The van der Waals surface area contributed by atoms with Crippen LogP contribution in [0.4, 0.5) is 0 Å². The first-order valence-corrected chi connectivity index (χ1v) is 11.3. The van der Waals surface area contributed by atoms with Crippen molar-refractivity contribution in [3.8, 4) is 11.5 Å². The lowest BCUT2D eigenvalue weighted by Crippen LogP contribution is -2.16. The Hall–Kier alpha value is -3.11. The van der Waals surface area contributed by atoms with Gasteiger partial charge in [0.1, 0.15) is 29.8 Å². The summed E-state index contributed by atoms with van der Waals surface area (Å²) in [6, 6.07) is 10.8. The van der Waals surface area contributed by atoms with Gasteiger partial charge in [-0.2, -0.15) is 0 Å². The number of hydrogen-bond acceptors (Lipinski definition) is 9. The molecule has 1 aliphatic rings. The molecule has 0 bridgehead atoms. The van der Waals surface area contributed by atoms with E-state index in [1.54, 1.807) is 18.2 Å². The molecule has 0 atom stereocenters. The first-order valence-electron chi connectivity index (χ1n) is 11.3. The Bertz CT molecular complexity index is 1310. The molecule has 0 aliphatic carbocycles. The Labute approximate surface area is 195 Å². The minimum Gasteiger partial charge on any atom is -0.487 e. The fourth-order valence-electron chi connectivity index (χ4n) is 3.80. The predicted octanol–water partition coefficient (Wildman–Crippen LogP) is 3.53. The molecule has 0 saturated carbocycles. The Morgan fingerprint density at radius 1 is 0.559 bits per heavy atom. The van der Waals surface area contributed by atoms with Crippen molar-refractivity contribution in [2.75, 3.05) is 66.1 Å². The van der Waals surface area contributed by atoms with Gasteiger partial charge in [-0.05, 0) is 18.2 Å². The number of furan rings is 1. The molecule has 0 saturated heterocycles. The third-order valence-corrected chi connectivity index (χ3v) is 5.38. The highest BCUT2D eigenvalue weighted by molar-refractivity contribution is 6.13. The van der Waals surface area contributed by atoms with Crippen LogP contribution in [0.1, 0.15) is 0 Å². The Morgan fingerprint density at radius 2 is 1.12 bits per heavy atom. The van der Waals surface area contributed by atoms with E-state index < -0.39 is 5.63 Å². The SMILES string of the molecule is O=c1oc2ccccc2c2oc3cc4c(cc3c12)OCCOCCOCCOCCOCCO4. The van der Waals surface area contributed by atoms with E-state index in [0.29, 0.717) is 105 Å². The highest BCUT2D eigenvalue weighted by Gasteiger charge is 2.19. The molecular formula is C25H26O9. The smallest absolute Gasteiger partial charge is 0.348 e. The van der Waals surface area contributed by atoms with E-state index in [0.717, 1.165) is 5.39 Å². The molecule has 0 spiro atoms. The third-order valence-electron chi connectivity index (χ3n) is 5.38. The van der Waals surface area contributed by atoms with E-state index in [2.05, 4.69) is 0 Å². The zero-order valence-electron chi connectivity index (χ0n) is 18.7. The molecule has 0 radical (unpaired) electrons. The van der Waals surface area contributed by atoms with E-state index in [1.807, 2.05) is 18.2 Å². The fraction of sp³-hybridized carbons (Fsp3) is 0.400. The first-order chi connectivity index (χ1) is 16.8. The van der Waals surface area contributed by atoms with Crippen LogP contribution in [0, 0.1) is 0 Å². The average molecular weight is 470 g/mol. The number of benzene rings is 2. The normalized spacial score (nSPS) is 17.5. The lowest BCUT2D eigenvalue weighted by atomic mass is 10.1. The maximum atomic E-state index is 12.8. The van der Waals surface area contributed by atoms with Crippen molar-refractivity contribution in [1.82, 2.24) is 0 Å². The summed E-state index contributed by atoms with van der Waals surface area (Å²) in [5.41, 5.74) is 0.985. The van der Waals surface area contributed by atoms with Gasteiger partial charge in [0.15, 0.2) is 17.1 Å². The van der Waals surface area contributed by atoms with Gasteiger partial charge in [-0.25, -0.2) is 4.79 Å². The first kappa shape index (κ1) is 22.7. The van der Waals surface area contributed by atoms with Crippen LogP contribution in [-0.2, 0) is 18.9 Å². The monoisotopic (exact) mass is 470 g/mol. The van der Waals surface area contributed by atoms with Gasteiger partial charge >= 0.3 is 5.63 Å². The second-order valence-corrected chi connectivity index (χ2v) is 7.63. The molecule has 9 nitrogen and oxygen atoms in total. The standard InChI is InChI=1S/C25H26O9/c26-25-23-18-15-21-22(16-20(18)33-24(23)17-3-1-2-4-19(17)34-25)32-14-12-30-10-8-28-6-5-27-7-9-29-11-13-31-21/h1-4,15-16H,5-14H2. The lowest BCUT2D eigenvalue weighted by molar-refractivity contribution is -0.00840. The van der Waals surface area contributed by atoms with Crippen molar-refractivity contribution >= 4 is 32.9 Å². The van der Waals surface area contributed by atoms with Gasteiger partial charge in [0.05, 0.1) is 58.2 Å². The molecule has 1 aliphatic heterocycles. The summed E-state index contributed by atoms with van der Waals surface area (Å²) in [6.45, 7) is 4.26. The number of rotatable bonds is 0. The Morgan fingerprint density at radius 3 is 1.76 bits per heavy atom. The highest BCUT2D eigenvalue weighted by atomic mass is 16.6. The van der Waals surface area contributed by atoms with Gasteiger partial charge in [0, 0.05) is 11.5 Å². The Balaban J connectivity index is 1.46. The molecule has 2 aromatic carbocycles. The van der Waals surface area contributed by atoms with Gasteiger partial charge in [-0.1, -0.05) is 12.1 Å². The van der Waals surface area contributed by atoms with Gasteiger partial charge in [-0.15, -0.1) is 0 Å². The van der Waals surface area contributed by atoms with E-state index in [4.69, 9.17) is 37.3 Å². The van der Waals surface area contributed by atoms with Crippen LogP contribution in [-0.4, -0.2) is 66.1 Å². The van der Waals surface area contributed by atoms with Crippen molar-refractivity contribution in [2.45, 2.75) is 0 Å². The summed E-state index contributed by atoms with van der Waals surface area (Å²) < 4.78 is 45.6. The van der Waals surface area contributed by atoms with Crippen LogP contribution in [0.3, 0.4) is 0 Å². The summed E-state index contributed by atoms with van der Waals surface area (Å²) in [5.74, 6) is 0.969. The lowest BCUT2D eigenvalue weighted by Gasteiger charge is -2.14. The molecule has 180 valence electrons. The second kappa shape index (κ2) is 10.9. The average Bonchev–Trinajstić information content (AvgIpc) is 3.22. The van der Waals surface area contributed by atoms with Crippen LogP contribution >= 0.6 is 0 Å². The van der Waals surface area contributed by atoms with E-state index in [9.17, 15) is 4.79 Å². The van der Waals surface area contributed by atoms with E-state index >= 15 is 0 Å². The number of fused-ring (bicyclic) bond motifs is 6. The summed E-state index contributed by atoms with van der Waals surface area (Å²) >= 11 is 0. The molecule has 0 unspecified atom stereocenters. The van der Waals surface area contributed by atoms with Crippen LogP contribution in [0.15, 0.2) is 50.0 Å². The van der Waals surface area contributed by atoms with E-state index in [1.165, 1.54) is 0 Å². The number of ether oxygens (including phenoxy) is 6. The molecular weight excluding hydrogens is 444 g/mol. The summed E-state index contributed by atoms with van der Waals surface area (Å²) in [5, 5.41) is 1.69.